The maximum Gasteiger partial charge on any atom is 0.119 e. The van der Waals surface area contributed by atoms with E-state index in [9.17, 15) is 5.11 Å². The first kappa shape index (κ1) is 19.8. The van der Waals surface area contributed by atoms with E-state index in [1.54, 1.807) is 0 Å². The number of β-amino-alcohol motifs (C(OH)–C–C–N with tert-alkyl or cyclic N) is 1. The largest absolute Gasteiger partial charge is 0.491 e. The summed E-state index contributed by atoms with van der Waals surface area (Å²) in [5, 5.41) is 17.9. The highest BCUT2D eigenvalue weighted by molar-refractivity contribution is 5.28. The molecule has 7 heteroatoms. The molecule has 0 radical (unpaired) electrons. The van der Waals surface area contributed by atoms with Crippen LogP contribution in [-0.4, -0.2) is 65.3 Å². The van der Waals surface area contributed by atoms with Crippen LogP contribution in [-0.2, 0) is 24.9 Å². The minimum atomic E-state index is -0.501. The molecule has 1 fully saturated rings. The highest BCUT2D eigenvalue weighted by Crippen LogP contribution is 2.14. The molecule has 148 valence electrons. The Morgan fingerprint density at radius 3 is 2.85 bits per heavy atom. The second kappa shape index (κ2) is 9.85. The Hall–Kier alpha value is -1.93. The highest BCUT2D eigenvalue weighted by Gasteiger charge is 2.15. The summed E-state index contributed by atoms with van der Waals surface area (Å²) in [7, 11) is 1.95. The molecule has 0 unspecified atom stereocenters. The molecule has 7 nitrogen and oxygen atoms in total. The van der Waals surface area contributed by atoms with Crippen molar-refractivity contribution in [2.24, 2.45) is 7.05 Å². The molecule has 0 saturated carbocycles. The fourth-order valence-corrected chi connectivity index (χ4v) is 3.13. The van der Waals surface area contributed by atoms with Crippen molar-refractivity contribution >= 4 is 0 Å². The van der Waals surface area contributed by atoms with Crippen LogP contribution in [0.3, 0.4) is 0 Å². The van der Waals surface area contributed by atoms with E-state index < -0.39 is 6.10 Å². The third-order valence-electron chi connectivity index (χ3n) is 4.89. The van der Waals surface area contributed by atoms with E-state index in [0.29, 0.717) is 13.2 Å². The topological polar surface area (TPSA) is 71.8 Å². The van der Waals surface area contributed by atoms with E-state index >= 15 is 0 Å². The Kier molecular flexibility index (Phi) is 7.23. The quantitative estimate of drug-likeness (QED) is 0.685. The average Bonchev–Trinajstić information content (AvgIpc) is 3.00. The van der Waals surface area contributed by atoms with Gasteiger partial charge in [0.25, 0.3) is 0 Å². The van der Waals surface area contributed by atoms with Crippen molar-refractivity contribution in [3.63, 3.8) is 0 Å². The lowest BCUT2D eigenvalue weighted by Crippen LogP contribution is -2.42. The number of hydrogen-bond acceptors (Lipinski definition) is 6. The zero-order chi connectivity index (χ0) is 19.1. The van der Waals surface area contributed by atoms with Crippen molar-refractivity contribution in [3.05, 3.63) is 47.3 Å². The van der Waals surface area contributed by atoms with Crippen molar-refractivity contribution in [2.75, 3.05) is 39.5 Å². The number of aliphatic hydroxyl groups is 1. The van der Waals surface area contributed by atoms with Gasteiger partial charge in [-0.25, -0.2) is 0 Å². The number of rotatable bonds is 9. The van der Waals surface area contributed by atoms with E-state index in [1.165, 1.54) is 11.3 Å². The van der Waals surface area contributed by atoms with Gasteiger partial charge in [-0.3, -0.25) is 9.58 Å². The minimum absolute atomic E-state index is 0.295. The van der Waals surface area contributed by atoms with Gasteiger partial charge in [0, 0.05) is 51.0 Å². The third-order valence-corrected chi connectivity index (χ3v) is 4.89. The van der Waals surface area contributed by atoms with Crippen LogP contribution in [0.25, 0.3) is 0 Å². The molecule has 1 atom stereocenters. The maximum atomic E-state index is 10.2. The lowest BCUT2D eigenvalue weighted by Gasteiger charge is -2.28. The Morgan fingerprint density at radius 1 is 1.30 bits per heavy atom. The summed E-state index contributed by atoms with van der Waals surface area (Å²) in [5.41, 5.74) is 3.53. The lowest BCUT2D eigenvalue weighted by atomic mass is 10.2. The van der Waals surface area contributed by atoms with E-state index in [2.05, 4.69) is 28.3 Å². The number of hydrogen-bond donors (Lipinski definition) is 2. The number of benzene rings is 1. The monoisotopic (exact) mass is 374 g/mol. The summed E-state index contributed by atoms with van der Waals surface area (Å²) in [4.78, 5) is 2.21. The zero-order valence-corrected chi connectivity index (χ0v) is 16.2. The van der Waals surface area contributed by atoms with Crippen LogP contribution in [0.4, 0.5) is 0 Å². The number of morpholine rings is 1. The number of nitrogens with zero attached hydrogens (tertiary/aromatic N) is 3. The van der Waals surface area contributed by atoms with Crippen LogP contribution in [0.1, 0.15) is 16.8 Å². The number of ether oxygens (including phenoxy) is 2. The van der Waals surface area contributed by atoms with Gasteiger partial charge in [-0.2, -0.15) is 5.10 Å². The fraction of sp³-hybridized carbons (Fsp3) is 0.550. The molecule has 1 aliphatic rings. The van der Waals surface area contributed by atoms with Crippen molar-refractivity contribution in [1.29, 1.82) is 0 Å². The molecular formula is C20H30N4O3. The summed E-state index contributed by atoms with van der Waals surface area (Å²) in [5.74, 6) is 0.785. The highest BCUT2D eigenvalue weighted by atomic mass is 16.5. The maximum absolute atomic E-state index is 10.2. The molecule has 1 aromatic carbocycles. The molecule has 1 aromatic heterocycles. The number of aromatic nitrogens is 2. The van der Waals surface area contributed by atoms with Gasteiger partial charge in [0.05, 0.1) is 19.4 Å². The summed E-state index contributed by atoms with van der Waals surface area (Å²) >= 11 is 0. The predicted molar refractivity (Wildman–Crippen MR) is 104 cm³/mol. The van der Waals surface area contributed by atoms with Crippen LogP contribution in [0.5, 0.6) is 5.75 Å². The van der Waals surface area contributed by atoms with Gasteiger partial charge in [0.15, 0.2) is 0 Å². The van der Waals surface area contributed by atoms with Crippen molar-refractivity contribution in [1.82, 2.24) is 20.0 Å². The number of aliphatic hydroxyl groups excluding tert-OH is 1. The average molecular weight is 374 g/mol. The van der Waals surface area contributed by atoms with Gasteiger partial charge >= 0.3 is 0 Å². The Morgan fingerprint density at radius 2 is 2.11 bits per heavy atom. The molecule has 0 spiro atoms. The Labute approximate surface area is 160 Å². The molecule has 0 aliphatic carbocycles. The molecule has 27 heavy (non-hydrogen) atoms. The molecule has 2 heterocycles. The van der Waals surface area contributed by atoms with E-state index in [1.807, 2.05) is 36.1 Å². The number of aryl methyl sites for hydroxylation is 1. The first-order valence-electron chi connectivity index (χ1n) is 9.50. The number of nitrogens with one attached hydrogen (secondary N) is 1. The standard InChI is InChI=1S/C20H30N4O3/c1-16-18(13-22-23(16)2)12-21-11-17-4-3-5-20(10-17)27-15-19(25)14-24-6-8-26-9-7-24/h3-5,10,13,19,21,25H,6-9,11-12,14-15H2,1-2H3/t19-/m0/s1. The van der Waals surface area contributed by atoms with Crippen molar-refractivity contribution < 1.29 is 14.6 Å². The van der Waals surface area contributed by atoms with Crippen molar-refractivity contribution in [3.8, 4) is 5.75 Å². The van der Waals surface area contributed by atoms with Crippen molar-refractivity contribution in [2.45, 2.75) is 26.1 Å². The second-order valence-electron chi connectivity index (χ2n) is 7.01. The van der Waals surface area contributed by atoms with Gasteiger partial charge in [-0.05, 0) is 24.6 Å². The van der Waals surface area contributed by atoms with Crippen LogP contribution in [0, 0.1) is 6.92 Å². The Bertz CT molecular complexity index is 713. The predicted octanol–water partition coefficient (Wildman–Crippen LogP) is 1.09. The molecule has 2 N–H and O–H groups in total. The van der Waals surface area contributed by atoms with Gasteiger partial charge in [0.2, 0.25) is 0 Å². The SMILES string of the molecule is Cc1c(CNCc2cccc(OC[C@@H](O)CN3CCOCC3)c2)cnn1C. The Balaban J connectivity index is 1.42. The summed E-state index contributed by atoms with van der Waals surface area (Å²) in [6, 6.07) is 8.00. The first-order valence-corrected chi connectivity index (χ1v) is 9.50. The third kappa shape index (κ3) is 6.04. The first-order chi connectivity index (χ1) is 13.1. The van der Waals surface area contributed by atoms with E-state index in [-0.39, 0.29) is 0 Å². The molecule has 0 bridgehead atoms. The summed E-state index contributed by atoms with van der Waals surface area (Å²) in [6.45, 7) is 7.73. The van der Waals surface area contributed by atoms with E-state index in [0.717, 1.165) is 50.7 Å². The molecule has 1 aliphatic heterocycles. The van der Waals surface area contributed by atoms with E-state index in [4.69, 9.17) is 9.47 Å². The van der Waals surface area contributed by atoms with Gasteiger partial charge in [0.1, 0.15) is 18.5 Å². The van der Waals surface area contributed by atoms with Gasteiger partial charge in [-0.1, -0.05) is 12.1 Å². The summed E-state index contributed by atoms with van der Waals surface area (Å²) in [6.07, 6.45) is 1.40. The molecule has 3 rings (SSSR count). The van der Waals surface area contributed by atoms with Crippen LogP contribution >= 0.6 is 0 Å². The van der Waals surface area contributed by atoms with Crippen LogP contribution < -0.4 is 10.1 Å². The lowest BCUT2D eigenvalue weighted by molar-refractivity contribution is 0.00465. The van der Waals surface area contributed by atoms with Gasteiger partial charge in [-0.15, -0.1) is 0 Å². The molecule has 0 amide bonds. The molecular weight excluding hydrogens is 344 g/mol. The fourth-order valence-electron chi connectivity index (χ4n) is 3.13. The second-order valence-corrected chi connectivity index (χ2v) is 7.01. The smallest absolute Gasteiger partial charge is 0.119 e. The molecule has 2 aromatic rings. The summed E-state index contributed by atoms with van der Waals surface area (Å²) < 4.78 is 13.0. The normalized spacial score (nSPS) is 16.4. The van der Waals surface area contributed by atoms with Crippen LogP contribution in [0.2, 0.25) is 0 Å². The van der Waals surface area contributed by atoms with Gasteiger partial charge < -0.3 is 19.9 Å². The minimum Gasteiger partial charge on any atom is -0.491 e. The zero-order valence-electron chi connectivity index (χ0n) is 16.2. The molecule has 1 saturated heterocycles. The van der Waals surface area contributed by atoms with Crippen LogP contribution in [0.15, 0.2) is 30.5 Å².